The summed E-state index contributed by atoms with van der Waals surface area (Å²) in [6, 6.07) is 0. The molecule has 1 fully saturated rings. The molecule has 1 aliphatic rings. The van der Waals surface area contributed by atoms with Crippen LogP contribution in [0.3, 0.4) is 0 Å². The zero-order valence-electron chi connectivity index (χ0n) is 10.0. The van der Waals surface area contributed by atoms with Gasteiger partial charge in [0.2, 0.25) is 0 Å². The first-order chi connectivity index (χ1) is 7.29. The molecule has 1 rings (SSSR count). The quantitative estimate of drug-likeness (QED) is 0.628. The lowest BCUT2D eigenvalue weighted by Crippen LogP contribution is -2.36. The highest BCUT2D eigenvalue weighted by molar-refractivity contribution is 5.87. The van der Waals surface area contributed by atoms with Crippen LogP contribution in [-0.2, 0) is 4.79 Å². The zero-order valence-corrected chi connectivity index (χ0v) is 10.0. The summed E-state index contributed by atoms with van der Waals surface area (Å²) in [5, 5.41) is 0. The number of hydrogen-bond donors (Lipinski definition) is 0. The van der Waals surface area contributed by atoms with Crippen LogP contribution in [0.2, 0.25) is 0 Å². The van der Waals surface area contributed by atoms with Gasteiger partial charge in [0, 0.05) is 25.2 Å². The molecule has 84 valence electrons. The largest absolute Gasteiger partial charge is 0.299 e. The lowest BCUT2D eigenvalue weighted by atomic mass is 9.68. The van der Waals surface area contributed by atoms with Crippen LogP contribution in [0.1, 0.15) is 58.8 Å². The second-order valence-corrected chi connectivity index (χ2v) is 4.49. The molecule has 0 saturated heterocycles. The van der Waals surface area contributed by atoms with E-state index in [0.29, 0.717) is 11.7 Å². The van der Waals surface area contributed by atoms with Gasteiger partial charge >= 0.3 is 0 Å². The molecule has 0 aliphatic heterocycles. The van der Waals surface area contributed by atoms with E-state index in [4.69, 9.17) is 0 Å². The molecule has 0 aromatic heterocycles. The van der Waals surface area contributed by atoms with Gasteiger partial charge in [0.1, 0.15) is 5.78 Å². The molecule has 0 bridgehead atoms. The summed E-state index contributed by atoms with van der Waals surface area (Å²) in [7, 11) is 0. The molecule has 2 unspecified atom stereocenters. The fourth-order valence-electron chi connectivity index (χ4n) is 2.10. The van der Waals surface area contributed by atoms with E-state index in [1.165, 1.54) is 19.3 Å². The highest BCUT2D eigenvalue weighted by atomic mass is 16.1. The van der Waals surface area contributed by atoms with Crippen LogP contribution in [0.4, 0.5) is 0 Å². The molecule has 1 saturated carbocycles. The minimum Gasteiger partial charge on any atom is -0.299 e. The fourth-order valence-corrected chi connectivity index (χ4v) is 2.10. The first kappa shape index (κ1) is 12.3. The number of ketones is 1. The van der Waals surface area contributed by atoms with Crippen LogP contribution in [0, 0.1) is 23.7 Å². The van der Waals surface area contributed by atoms with E-state index in [1.54, 1.807) is 0 Å². The molecule has 0 aromatic rings. The molecule has 2 atom stereocenters. The van der Waals surface area contributed by atoms with Crippen molar-refractivity contribution in [3.8, 4) is 11.8 Å². The van der Waals surface area contributed by atoms with Crippen molar-refractivity contribution in [1.82, 2.24) is 0 Å². The summed E-state index contributed by atoms with van der Waals surface area (Å²) in [5.74, 6) is 7.65. The summed E-state index contributed by atoms with van der Waals surface area (Å²) in [6.45, 7) is 4.34. The summed E-state index contributed by atoms with van der Waals surface area (Å²) >= 11 is 0. The Morgan fingerprint density at radius 3 is 2.67 bits per heavy atom. The summed E-state index contributed by atoms with van der Waals surface area (Å²) in [6.07, 6.45) is 7.44. The average molecular weight is 206 g/mol. The van der Waals surface area contributed by atoms with E-state index in [9.17, 15) is 4.79 Å². The second kappa shape index (κ2) is 6.67. The van der Waals surface area contributed by atoms with Crippen LogP contribution in [0.5, 0.6) is 0 Å². The van der Waals surface area contributed by atoms with E-state index in [2.05, 4.69) is 25.7 Å². The smallest absolute Gasteiger partial charge is 0.137 e. The Kier molecular flexibility index (Phi) is 5.47. The molecule has 0 aromatic carbocycles. The van der Waals surface area contributed by atoms with Gasteiger partial charge < -0.3 is 0 Å². The second-order valence-electron chi connectivity index (χ2n) is 4.49. The normalized spacial score (nSPS) is 24.3. The molecular formula is C14H22O. The summed E-state index contributed by atoms with van der Waals surface area (Å²) in [4.78, 5) is 11.4. The third-order valence-corrected chi connectivity index (χ3v) is 3.20. The van der Waals surface area contributed by atoms with Crippen molar-refractivity contribution in [2.24, 2.45) is 11.8 Å². The first-order valence-corrected chi connectivity index (χ1v) is 6.28. The Morgan fingerprint density at radius 2 is 2.07 bits per heavy atom. The predicted molar refractivity (Wildman–Crippen MR) is 63.4 cm³/mol. The van der Waals surface area contributed by atoms with Crippen molar-refractivity contribution in [2.75, 3.05) is 0 Å². The number of unbranched alkanes of at least 4 members (excludes halogenated alkanes) is 2. The zero-order chi connectivity index (χ0) is 11.1. The molecular weight excluding hydrogens is 184 g/mol. The minimum absolute atomic E-state index is 0.279. The van der Waals surface area contributed by atoms with Gasteiger partial charge in [-0.3, -0.25) is 4.79 Å². The van der Waals surface area contributed by atoms with E-state index in [1.807, 2.05) is 0 Å². The van der Waals surface area contributed by atoms with Gasteiger partial charge in [0.05, 0.1) is 0 Å². The van der Waals surface area contributed by atoms with Gasteiger partial charge in [0.25, 0.3) is 0 Å². The lowest BCUT2D eigenvalue weighted by molar-refractivity contribution is -0.134. The van der Waals surface area contributed by atoms with Gasteiger partial charge in [0.15, 0.2) is 0 Å². The molecule has 0 heterocycles. The molecule has 0 spiro atoms. The number of Topliss-reactive ketones (excluding diaryl/α,β-unsaturated/α-hetero) is 1. The van der Waals surface area contributed by atoms with Crippen molar-refractivity contribution in [3.63, 3.8) is 0 Å². The summed E-state index contributed by atoms with van der Waals surface area (Å²) in [5.41, 5.74) is 0. The van der Waals surface area contributed by atoms with Gasteiger partial charge in [-0.2, -0.15) is 0 Å². The van der Waals surface area contributed by atoms with Crippen molar-refractivity contribution >= 4 is 5.78 Å². The van der Waals surface area contributed by atoms with Gasteiger partial charge in [-0.1, -0.05) is 26.7 Å². The maximum absolute atomic E-state index is 11.4. The average Bonchev–Trinajstić information content (AvgIpc) is 2.23. The molecule has 0 amide bonds. The van der Waals surface area contributed by atoms with E-state index in [0.717, 1.165) is 25.7 Å². The predicted octanol–water partition coefficient (Wildman–Crippen LogP) is 3.58. The van der Waals surface area contributed by atoms with Crippen molar-refractivity contribution in [3.05, 3.63) is 0 Å². The topological polar surface area (TPSA) is 17.1 Å². The SMILES string of the molecule is CCCC#CCC1C(=O)CC1CCCC. The first-order valence-electron chi connectivity index (χ1n) is 6.28. The molecule has 1 heteroatoms. The highest BCUT2D eigenvalue weighted by Crippen LogP contribution is 2.36. The van der Waals surface area contributed by atoms with Crippen molar-refractivity contribution in [1.29, 1.82) is 0 Å². The van der Waals surface area contributed by atoms with Gasteiger partial charge in [-0.05, 0) is 18.8 Å². The number of hydrogen-bond acceptors (Lipinski definition) is 1. The standard InChI is InChI=1S/C14H22O/c1-3-5-7-8-10-13-12(9-6-4-2)11-14(13)15/h12-13H,3-6,9-11H2,1-2H3. The number of carbonyl (C=O) groups excluding carboxylic acids is 1. The molecule has 1 nitrogen and oxygen atoms in total. The maximum Gasteiger partial charge on any atom is 0.137 e. The molecule has 0 radical (unpaired) electrons. The third-order valence-electron chi connectivity index (χ3n) is 3.20. The Hall–Kier alpha value is -0.770. The minimum atomic E-state index is 0.279. The van der Waals surface area contributed by atoms with Crippen molar-refractivity contribution < 1.29 is 4.79 Å². The van der Waals surface area contributed by atoms with Gasteiger partial charge in [-0.25, -0.2) is 0 Å². The van der Waals surface area contributed by atoms with Crippen LogP contribution < -0.4 is 0 Å². The van der Waals surface area contributed by atoms with Crippen molar-refractivity contribution in [2.45, 2.75) is 58.8 Å². The monoisotopic (exact) mass is 206 g/mol. The van der Waals surface area contributed by atoms with E-state index in [-0.39, 0.29) is 5.92 Å². The molecule has 0 N–H and O–H groups in total. The lowest BCUT2D eigenvalue weighted by Gasteiger charge is -2.33. The van der Waals surface area contributed by atoms with Gasteiger partial charge in [-0.15, -0.1) is 11.8 Å². The molecule has 15 heavy (non-hydrogen) atoms. The van der Waals surface area contributed by atoms with E-state index < -0.39 is 0 Å². The van der Waals surface area contributed by atoms with E-state index >= 15 is 0 Å². The highest BCUT2D eigenvalue weighted by Gasteiger charge is 2.37. The Morgan fingerprint density at radius 1 is 1.27 bits per heavy atom. The Bertz CT molecular complexity index is 256. The number of rotatable bonds is 5. The van der Waals surface area contributed by atoms with Crippen LogP contribution in [-0.4, -0.2) is 5.78 Å². The molecule has 1 aliphatic carbocycles. The fraction of sp³-hybridized carbons (Fsp3) is 0.786. The summed E-state index contributed by atoms with van der Waals surface area (Å²) < 4.78 is 0. The number of carbonyl (C=O) groups is 1. The van der Waals surface area contributed by atoms with Crippen LogP contribution in [0.15, 0.2) is 0 Å². The Labute approximate surface area is 93.6 Å². The van der Waals surface area contributed by atoms with Crippen LogP contribution >= 0.6 is 0 Å². The van der Waals surface area contributed by atoms with Crippen LogP contribution in [0.25, 0.3) is 0 Å². The maximum atomic E-state index is 11.4. The Balaban J connectivity index is 2.26. The third kappa shape index (κ3) is 3.70.